The summed E-state index contributed by atoms with van der Waals surface area (Å²) < 4.78 is 11.2. The van der Waals surface area contributed by atoms with Gasteiger partial charge in [0.25, 0.3) is 5.91 Å². The number of amides is 1. The largest absolute Gasteiger partial charge is 0.481 e. The smallest absolute Gasteiger partial charge is 0.261 e. The van der Waals surface area contributed by atoms with E-state index in [1.54, 1.807) is 0 Å². The van der Waals surface area contributed by atoms with Gasteiger partial charge in [-0.3, -0.25) is 4.79 Å². The third kappa shape index (κ3) is 5.47. The predicted molar refractivity (Wildman–Crippen MR) is 107 cm³/mol. The summed E-state index contributed by atoms with van der Waals surface area (Å²) in [6, 6.07) is 16.1. The molecule has 0 spiro atoms. The van der Waals surface area contributed by atoms with E-state index in [9.17, 15) is 4.79 Å². The van der Waals surface area contributed by atoms with Gasteiger partial charge in [-0.25, -0.2) is 0 Å². The lowest BCUT2D eigenvalue weighted by Gasteiger charge is -2.29. The van der Waals surface area contributed by atoms with Crippen molar-refractivity contribution in [3.8, 4) is 5.75 Å². The number of carbonyl (C=O) groups excluding carboxylic acids is 1. The highest BCUT2D eigenvalue weighted by molar-refractivity contribution is 5.81. The van der Waals surface area contributed by atoms with E-state index in [1.807, 2.05) is 38.1 Å². The first kappa shape index (κ1) is 19.2. The van der Waals surface area contributed by atoms with Crippen LogP contribution in [0.15, 0.2) is 48.5 Å². The molecule has 1 atom stereocenters. The molecule has 1 fully saturated rings. The van der Waals surface area contributed by atoms with E-state index < -0.39 is 6.10 Å². The molecule has 5 nitrogen and oxygen atoms in total. The molecular formula is C22H28N2O3. The number of nitrogens with one attached hydrogen (secondary N) is 1. The first-order chi connectivity index (χ1) is 13.2. The molecule has 2 aromatic rings. The number of hydrogen-bond donors (Lipinski definition) is 1. The minimum Gasteiger partial charge on any atom is -0.481 e. The highest BCUT2D eigenvalue weighted by Gasteiger charge is 2.18. The Morgan fingerprint density at radius 2 is 1.78 bits per heavy atom. The molecule has 0 aromatic heterocycles. The van der Waals surface area contributed by atoms with Gasteiger partial charge >= 0.3 is 0 Å². The van der Waals surface area contributed by atoms with Crippen LogP contribution in [0.2, 0.25) is 0 Å². The van der Waals surface area contributed by atoms with Crippen LogP contribution >= 0.6 is 0 Å². The van der Waals surface area contributed by atoms with Crippen LogP contribution in [0.5, 0.6) is 5.75 Å². The van der Waals surface area contributed by atoms with Gasteiger partial charge in [-0.2, -0.15) is 0 Å². The highest BCUT2D eigenvalue weighted by atomic mass is 16.5. The van der Waals surface area contributed by atoms with Gasteiger partial charge in [0.05, 0.1) is 13.2 Å². The molecule has 0 saturated carbocycles. The van der Waals surface area contributed by atoms with Crippen LogP contribution in [0.3, 0.4) is 0 Å². The fourth-order valence-electron chi connectivity index (χ4n) is 3.05. The van der Waals surface area contributed by atoms with Gasteiger partial charge in [-0.1, -0.05) is 36.8 Å². The van der Waals surface area contributed by atoms with E-state index in [2.05, 4.69) is 34.5 Å². The van der Waals surface area contributed by atoms with Gasteiger partial charge in [-0.15, -0.1) is 0 Å². The number of morpholine rings is 1. The summed E-state index contributed by atoms with van der Waals surface area (Å²) in [7, 11) is 0. The van der Waals surface area contributed by atoms with Crippen LogP contribution in [-0.4, -0.2) is 38.3 Å². The fourth-order valence-corrected chi connectivity index (χ4v) is 3.05. The van der Waals surface area contributed by atoms with E-state index in [4.69, 9.17) is 9.47 Å². The van der Waals surface area contributed by atoms with Crippen molar-refractivity contribution in [3.63, 3.8) is 0 Å². The molecule has 1 aliphatic rings. The van der Waals surface area contributed by atoms with Crippen molar-refractivity contribution in [2.45, 2.75) is 32.9 Å². The molecule has 27 heavy (non-hydrogen) atoms. The zero-order valence-corrected chi connectivity index (χ0v) is 16.1. The number of carbonyl (C=O) groups is 1. The second-order valence-corrected chi connectivity index (χ2v) is 6.81. The second kappa shape index (κ2) is 9.42. The van der Waals surface area contributed by atoms with E-state index in [-0.39, 0.29) is 5.91 Å². The minimum absolute atomic E-state index is 0.0877. The summed E-state index contributed by atoms with van der Waals surface area (Å²) in [5.41, 5.74) is 3.44. The van der Waals surface area contributed by atoms with Crippen molar-refractivity contribution < 1.29 is 14.3 Å². The van der Waals surface area contributed by atoms with Crippen molar-refractivity contribution in [1.82, 2.24) is 5.32 Å². The monoisotopic (exact) mass is 368 g/mol. The molecule has 0 unspecified atom stereocenters. The van der Waals surface area contributed by atoms with Crippen molar-refractivity contribution >= 4 is 11.6 Å². The van der Waals surface area contributed by atoms with Gasteiger partial charge in [0, 0.05) is 25.3 Å². The van der Waals surface area contributed by atoms with E-state index in [0.717, 1.165) is 37.6 Å². The topological polar surface area (TPSA) is 50.8 Å². The van der Waals surface area contributed by atoms with E-state index in [0.29, 0.717) is 13.0 Å². The number of hydrogen-bond acceptors (Lipinski definition) is 4. The molecular weight excluding hydrogens is 340 g/mol. The Bertz CT molecular complexity index is 722. The molecule has 144 valence electrons. The van der Waals surface area contributed by atoms with Crippen LogP contribution in [0.25, 0.3) is 0 Å². The van der Waals surface area contributed by atoms with E-state index >= 15 is 0 Å². The standard InChI is InChI=1S/C22H28N2O3/c1-3-21(27-20-10-4-17(2)5-11-20)22(25)23-16-18-6-8-19(9-7-18)24-12-14-26-15-13-24/h4-11,21H,3,12-16H2,1-2H3,(H,23,25)/t21-/m0/s1. The van der Waals surface area contributed by atoms with Gasteiger partial charge in [0.15, 0.2) is 6.10 Å². The molecule has 0 aliphatic carbocycles. The van der Waals surface area contributed by atoms with Gasteiger partial charge in [0.2, 0.25) is 0 Å². The first-order valence-corrected chi connectivity index (χ1v) is 9.58. The van der Waals surface area contributed by atoms with Crippen molar-refractivity contribution in [2.75, 3.05) is 31.2 Å². The van der Waals surface area contributed by atoms with Gasteiger partial charge in [-0.05, 0) is 43.2 Å². The van der Waals surface area contributed by atoms with Crippen LogP contribution in [0.4, 0.5) is 5.69 Å². The Hall–Kier alpha value is -2.53. The minimum atomic E-state index is -0.486. The lowest BCUT2D eigenvalue weighted by atomic mass is 10.1. The van der Waals surface area contributed by atoms with Crippen molar-refractivity contribution in [3.05, 3.63) is 59.7 Å². The second-order valence-electron chi connectivity index (χ2n) is 6.81. The van der Waals surface area contributed by atoms with Gasteiger partial charge in [0.1, 0.15) is 5.75 Å². The quantitative estimate of drug-likeness (QED) is 0.815. The summed E-state index contributed by atoms with van der Waals surface area (Å²) in [5, 5.41) is 2.98. The Balaban J connectivity index is 1.51. The summed E-state index contributed by atoms with van der Waals surface area (Å²) >= 11 is 0. The Morgan fingerprint density at radius 3 is 2.41 bits per heavy atom. The molecule has 3 rings (SSSR count). The maximum Gasteiger partial charge on any atom is 0.261 e. The summed E-state index contributed by atoms with van der Waals surface area (Å²) in [6.45, 7) is 7.87. The molecule has 1 heterocycles. The number of aryl methyl sites for hydroxylation is 1. The number of nitrogens with zero attached hydrogens (tertiary/aromatic N) is 1. The maximum absolute atomic E-state index is 12.5. The van der Waals surface area contributed by atoms with Crippen LogP contribution < -0.4 is 15.0 Å². The Labute approximate surface area is 161 Å². The van der Waals surface area contributed by atoms with Crippen LogP contribution in [0.1, 0.15) is 24.5 Å². The lowest BCUT2D eigenvalue weighted by molar-refractivity contribution is -0.128. The molecule has 2 aromatic carbocycles. The molecule has 1 aliphatic heterocycles. The van der Waals surface area contributed by atoms with Crippen molar-refractivity contribution in [2.24, 2.45) is 0 Å². The van der Waals surface area contributed by atoms with Gasteiger partial charge < -0.3 is 19.7 Å². The summed E-state index contributed by atoms with van der Waals surface area (Å²) in [4.78, 5) is 14.8. The molecule has 5 heteroatoms. The average Bonchev–Trinajstić information content (AvgIpc) is 2.72. The average molecular weight is 368 g/mol. The summed E-state index contributed by atoms with van der Waals surface area (Å²) in [6.07, 6.45) is 0.135. The highest BCUT2D eigenvalue weighted by Crippen LogP contribution is 2.17. The zero-order chi connectivity index (χ0) is 19.1. The number of anilines is 1. The lowest BCUT2D eigenvalue weighted by Crippen LogP contribution is -2.37. The van der Waals surface area contributed by atoms with E-state index in [1.165, 1.54) is 11.3 Å². The zero-order valence-electron chi connectivity index (χ0n) is 16.1. The normalized spacial score (nSPS) is 15.3. The third-order valence-corrected chi connectivity index (χ3v) is 4.74. The summed E-state index contributed by atoms with van der Waals surface area (Å²) in [5.74, 6) is 0.632. The predicted octanol–water partition coefficient (Wildman–Crippen LogP) is 3.31. The molecule has 1 N–H and O–H groups in total. The SMILES string of the molecule is CC[C@H](Oc1ccc(C)cc1)C(=O)NCc1ccc(N2CCOCC2)cc1. The number of benzene rings is 2. The fraction of sp³-hybridized carbons (Fsp3) is 0.409. The first-order valence-electron chi connectivity index (χ1n) is 9.58. The molecule has 0 bridgehead atoms. The molecule has 1 saturated heterocycles. The number of rotatable bonds is 7. The molecule has 0 radical (unpaired) electrons. The van der Waals surface area contributed by atoms with Crippen molar-refractivity contribution in [1.29, 1.82) is 0 Å². The molecule has 1 amide bonds. The Morgan fingerprint density at radius 1 is 1.11 bits per heavy atom. The Kier molecular flexibility index (Phi) is 6.71. The van der Waals surface area contributed by atoms with Crippen LogP contribution in [-0.2, 0) is 16.1 Å². The number of ether oxygens (including phenoxy) is 2. The van der Waals surface area contributed by atoms with Crippen LogP contribution in [0, 0.1) is 6.92 Å². The maximum atomic E-state index is 12.5. The third-order valence-electron chi connectivity index (χ3n) is 4.74.